The third-order valence-electron chi connectivity index (χ3n) is 4.07. The number of hydrogen-bond donors (Lipinski definition) is 0. The third kappa shape index (κ3) is 8.97. The number of aryl methyl sites for hydroxylation is 2. The Balaban J connectivity index is 0.000000483. The number of carboxylic acids is 2. The molecular formula is C22H26O4Zn. The molecule has 0 aliphatic heterocycles. The first kappa shape index (κ1) is 25.0. The van der Waals surface area contributed by atoms with Crippen molar-refractivity contribution in [3.05, 3.63) is 70.8 Å². The fourth-order valence-corrected chi connectivity index (χ4v) is 2.61. The Bertz CT molecular complexity index is 651. The Hall–Kier alpha value is -2.00. The van der Waals surface area contributed by atoms with Gasteiger partial charge in [0.1, 0.15) is 0 Å². The van der Waals surface area contributed by atoms with Crippen molar-refractivity contribution in [3.63, 3.8) is 0 Å². The van der Waals surface area contributed by atoms with Crippen LogP contribution in [0.3, 0.4) is 0 Å². The summed E-state index contributed by atoms with van der Waals surface area (Å²) in [6, 6.07) is 14.1. The molecule has 2 aromatic carbocycles. The molecule has 27 heavy (non-hydrogen) atoms. The molecule has 0 bridgehead atoms. The van der Waals surface area contributed by atoms with Crippen LogP contribution in [-0.2, 0) is 32.3 Å². The van der Waals surface area contributed by atoms with Gasteiger partial charge in [0, 0.05) is 11.1 Å². The van der Waals surface area contributed by atoms with E-state index in [4.69, 9.17) is 0 Å². The van der Waals surface area contributed by atoms with Crippen LogP contribution in [0, 0.1) is 0 Å². The van der Waals surface area contributed by atoms with E-state index >= 15 is 0 Å². The maximum absolute atomic E-state index is 10.7. The average molecular weight is 420 g/mol. The zero-order valence-electron chi connectivity index (χ0n) is 16.2. The molecule has 2 rings (SSSR count). The van der Waals surface area contributed by atoms with E-state index in [0.717, 1.165) is 49.7 Å². The van der Waals surface area contributed by atoms with E-state index < -0.39 is 11.9 Å². The molecule has 0 saturated heterocycles. The summed E-state index contributed by atoms with van der Waals surface area (Å²) in [4.78, 5) is 21.3. The molecular weight excluding hydrogens is 394 g/mol. The van der Waals surface area contributed by atoms with Crippen LogP contribution in [0.5, 0.6) is 0 Å². The molecule has 0 aliphatic rings. The second-order valence-corrected chi connectivity index (χ2v) is 6.10. The van der Waals surface area contributed by atoms with Gasteiger partial charge in [-0.1, -0.05) is 75.2 Å². The molecule has 140 valence electrons. The first-order valence-corrected chi connectivity index (χ1v) is 9.09. The van der Waals surface area contributed by atoms with E-state index in [-0.39, 0.29) is 19.5 Å². The molecule has 0 fully saturated rings. The van der Waals surface area contributed by atoms with Gasteiger partial charge < -0.3 is 19.8 Å². The van der Waals surface area contributed by atoms with Gasteiger partial charge in [0.2, 0.25) is 0 Å². The Labute approximate surface area is 174 Å². The molecule has 0 aromatic heterocycles. The third-order valence-corrected chi connectivity index (χ3v) is 4.07. The molecule has 0 unspecified atom stereocenters. The first-order valence-electron chi connectivity index (χ1n) is 9.09. The molecule has 0 aliphatic carbocycles. The van der Waals surface area contributed by atoms with Crippen LogP contribution >= 0.6 is 0 Å². The molecule has 0 N–H and O–H groups in total. The van der Waals surface area contributed by atoms with Gasteiger partial charge in [-0.05, 0) is 36.8 Å². The zero-order valence-corrected chi connectivity index (χ0v) is 19.2. The van der Waals surface area contributed by atoms with Crippen LogP contribution in [0.25, 0.3) is 0 Å². The average Bonchev–Trinajstić information content (AvgIpc) is 2.65. The Morgan fingerprint density at radius 2 is 1.04 bits per heavy atom. The van der Waals surface area contributed by atoms with Crippen molar-refractivity contribution in [2.24, 2.45) is 0 Å². The summed E-state index contributed by atoms with van der Waals surface area (Å²) in [5.41, 5.74) is 2.42. The summed E-state index contributed by atoms with van der Waals surface area (Å²) in [5, 5.41) is 21.3. The van der Waals surface area contributed by atoms with E-state index in [9.17, 15) is 19.8 Å². The number of carboxylic acid groups (broad SMARTS) is 2. The summed E-state index contributed by atoms with van der Waals surface area (Å²) in [6.07, 6.45) is 5.82. The Morgan fingerprint density at radius 1 is 0.704 bits per heavy atom. The molecule has 5 heteroatoms. The van der Waals surface area contributed by atoms with Crippen LogP contribution in [0.2, 0.25) is 0 Å². The summed E-state index contributed by atoms with van der Waals surface area (Å²) in [6.45, 7) is 4.17. The van der Waals surface area contributed by atoms with Crippen molar-refractivity contribution >= 4 is 11.9 Å². The number of hydrogen-bond acceptors (Lipinski definition) is 4. The Morgan fingerprint density at radius 3 is 1.33 bits per heavy atom. The fraction of sp³-hybridized carbons (Fsp3) is 0.364. The smallest absolute Gasteiger partial charge is 0.545 e. The van der Waals surface area contributed by atoms with Crippen molar-refractivity contribution in [1.29, 1.82) is 0 Å². The van der Waals surface area contributed by atoms with Crippen molar-refractivity contribution in [2.45, 2.75) is 52.4 Å². The monoisotopic (exact) mass is 418 g/mol. The fourth-order valence-electron chi connectivity index (χ4n) is 2.61. The van der Waals surface area contributed by atoms with Gasteiger partial charge in [0.05, 0.1) is 11.9 Å². The van der Waals surface area contributed by atoms with Crippen LogP contribution in [0.4, 0.5) is 0 Å². The number of carbonyl (C=O) groups excluding carboxylic acids is 2. The normalized spacial score (nSPS) is 9.56. The second-order valence-electron chi connectivity index (χ2n) is 6.10. The van der Waals surface area contributed by atoms with E-state index in [1.54, 1.807) is 24.3 Å². The minimum Gasteiger partial charge on any atom is -0.545 e. The zero-order chi connectivity index (χ0) is 19.4. The van der Waals surface area contributed by atoms with E-state index in [1.165, 1.54) is 0 Å². The molecule has 2 aromatic rings. The number of carbonyl (C=O) groups is 2. The van der Waals surface area contributed by atoms with Gasteiger partial charge in [-0.15, -0.1) is 0 Å². The van der Waals surface area contributed by atoms with Gasteiger partial charge in [-0.2, -0.15) is 0 Å². The topological polar surface area (TPSA) is 80.3 Å². The van der Waals surface area contributed by atoms with Crippen molar-refractivity contribution in [1.82, 2.24) is 0 Å². The molecule has 0 amide bonds. The SMILES string of the molecule is CCCCc1ccccc1C(=O)[O-].CCCCc1ccccc1C(=O)[O-].[Zn+2]. The molecule has 0 spiro atoms. The number of rotatable bonds is 8. The van der Waals surface area contributed by atoms with Gasteiger partial charge in [-0.3, -0.25) is 0 Å². The first-order chi connectivity index (χ1) is 12.5. The van der Waals surface area contributed by atoms with Gasteiger partial charge in [0.25, 0.3) is 0 Å². The summed E-state index contributed by atoms with van der Waals surface area (Å²) >= 11 is 0. The molecule has 0 heterocycles. The minimum atomic E-state index is -1.08. The molecule has 0 saturated carbocycles. The second kappa shape index (κ2) is 14.1. The number of aromatic carboxylic acids is 2. The summed E-state index contributed by atoms with van der Waals surface area (Å²) in [5.74, 6) is -2.15. The largest absolute Gasteiger partial charge is 2.00 e. The van der Waals surface area contributed by atoms with E-state index in [2.05, 4.69) is 13.8 Å². The molecule has 0 atom stereocenters. The standard InChI is InChI=1S/2C11H14O2.Zn/c2*1-2-3-6-9-7-4-5-8-10(9)11(12)13;/h2*4-5,7-8H,2-3,6H2,1H3,(H,12,13);/q;;+2/p-2. The predicted octanol–water partition coefficient (Wildman–Crippen LogP) is 2.78. The number of unbranched alkanes of at least 4 members (excludes halogenated alkanes) is 2. The van der Waals surface area contributed by atoms with Crippen LogP contribution < -0.4 is 10.2 Å². The maximum atomic E-state index is 10.7. The molecule has 0 radical (unpaired) electrons. The Kier molecular flexibility index (Phi) is 13.1. The summed E-state index contributed by atoms with van der Waals surface area (Å²) in [7, 11) is 0. The quantitative estimate of drug-likeness (QED) is 0.616. The maximum Gasteiger partial charge on any atom is 2.00 e. The van der Waals surface area contributed by atoms with Gasteiger partial charge in [0.15, 0.2) is 0 Å². The number of benzene rings is 2. The van der Waals surface area contributed by atoms with Gasteiger partial charge >= 0.3 is 19.5 Å². The van der Waals surface area contributed by atoms with Crippen molar-refractivity contribution < 1.29 is 39.3 Å². The van der Waals surface area contributed by atoms with Crippen molar-refractivity contribution in [2.75, 3.05) is 0 Å². The van der Waals surface area contributed by atoms with E-state index in [0.29, 0.717) is 11.1 Å². The van der Waals surface area contributed by atoms with Crippen LogP contribution in [-0.4, -0.2) is 11.9 Å². The van der Waals surface area contributed by atoms with Crippen molar-refractivity contribution in [3.8, 4) is 0 Å². The minimum absolute atomic E-state index is 0. The van der Waals surface area contributed by atoms with Gasteiger partial charge in [-0.25, -0.2) is 0 Å². The van der Waals surface area contributed by atoms with E-state index in [1.807, 2.05) is 24.3 Å². The predicted molar refractivity (Wildman–Crippen MR) is 98.8 cm³/mol. The summed E-state index contributed by atoms with van der Waals surface area (Å²) < 4.78 is 0. The van der Waals surface area contributed by atoms with Crippen LogP contribution in [0.15, 0.2) is 48.5 Å². The van der Waals surface area contributed by atoms with Crippen LogP contribution in [0.1, 0.15) is 71.4 Å². The molecule has 4 nitrogen and oxygen atoms in total.